The number of sulfonamides is 1. The van der Waals surface area contributed by atoms with Crippen molar-refractivity contribution in [2.24, 2.45) is 0 Å². The molecule has 1 fully saturated rings. The van der Waals surface area contributed by atoms with Crippen LogP contribution < -0.4 is 14.9 Å². The van der Waals surface area contributed by atoms with Gasteiger partial charge in [0.25, 0.3) is 25.8 Å². The lowest BCUT2D eigenvalue weighted by Crippen LogP contribution is -2.47. The summed E-state index contributed by atoms with van der Waals surface area (Å²) in [6.45, 7) is 8.79. The predicted octanol–water partition coefficient (Wildman–Crippen LogP) is 9.86. The molecular formula is C46H55Cl2F2N5O5S3. The molecule has 0 spiro atoms. The van der Waals surface area contributed by atoms with Gasteiger partial charge in [0, 0.05) is 78.3 Å². The molecule has 1 heterocycles. The molecule has 1 aliphatic carbocycles. The third kappa shape index (κ3) is 13.0. The SMILES string of the molecule is CC(C)N(C)CC[C@H](CSc1ccccc1)Nc1ccc(S(=O)(=O)NC(=O)c2ccc(N3CCN(CC4=C(c5ccc(Cl)cc5)CCCCC4)CC3)cc2)cc1S(=O)(=O)C(F)(F)Cl. The Labute approximate surface area is 385 Å². The molecular weight excluding hydrogens is 908 g/mol. The summed E-state index contributed by atoms with van der Waals surface area (Å²) in [5.74, 6) is -0.538. The minimum atomic E-state index is -5.61. The molecule has 0 radical (unpaired) electrons. The molecule has 2 N–H and O–H groups in total. The highest BCUT2D eigenvalue weighted by atomic mass is 35.5. The number of nitrogens with one attached hydrogen (secondary N) is 2. The summed E-state index contributed by atoms with van der Waals surface area (Å²) in [6, 6.07) is 26.7. The van der Waals surface area contributed by atoms with Crippen molar-refractivity contribution in [3.8, 4) is 0 Å². The van der Waals surface area contributed by atoms with Crippen LogP contribution in [-0.2, 0) is 19.9 Å². The fourth-order valence-electron chi connectivity index (χ4n) is 7.70. The normalized spacial score (nSPS) is 16.3. The molecule has 340 valence electrons. The zero-order chi connectivity index (χ0) is 45.4. The maximum atomic E-state index is 14.6. The van der Waals surface area contributed by atoms with Gasteiger partial charge in [-0.25, -0.2) is 21.6 Å². The number of carbonyl (C=O) groups is 1. The van der Waals surface area contributed by atoms with Gasteiger partial charge >= 0.3 is 4.71 Å². The van der Waals surface area contributed by atoms with E-state index in [2.05, 4.69) is 32.1 Å². The van der Waals surface area contributed by atoms with Crippen LogP contribution in [-0.4, -0.2) is 101 Å². The first-order valence-corrected chi connectivity index (χ1v) is 25.8. The highest BCUT2D eigenvalue weighted by Crippen LogP contribution is 2.38. The van der Waals surface area contributed by atoms with Crippen LogP contribution in [0.1, 0.15) is 68.3 Å². The minimum absolute atomic E-state index is 0.0412. The monoisotopic (exact) mass is 961 g/mol. The average molecular weight is 963 g/mol. The Morgan fingerprint density at radius 2 is 1.54 bits per heavy atom. The number of thioether (sulfide) groups is 1. The number of benzene rings is 4. The minimum Gasteiger partial charge on any atom is -0.380 e. The highest BCUT2D eigenvalue weighted by molar-refractivity contribution is 7.99. The maximum Gasteiger partial charge on any atom is 0.427 e. The Morgan fingerprint density at radius 1 is 0.873 bits per heavy atom. The molecule has 17 heteroatoms. The molecule has 0 unspecified atom stereocenters. The van der Waals surface area contributed by atoms with Crippen molar-refractivity contribution >= 4 is 77.7 Å². The third-order valence-corrected chi connectivity index (χ3v) is 16.5. The average Bonchev–Trinajstić information content (AvgIpc) is 3.50. The highest BCUT2D eigenvalue weighted by Gasteiger charge is 2.46. The number of hydrogen-bond donors (Lipinski definition) is 2. The van der Waals surface area contributed by atoms with Crippen molar-refractivity contribution in [3.63, 3.8) is 0 Å². The molecule has 0 aromatic heterocycles. The molecule has 2 aliphatic rings. The molecule has 4 aromatic carbocycles. The van der Waals surface area contributed by atoms with E-state index in [1.807, 2.05) is 68.1 Å². The Kier molecular flexibility index (Phi) is 16.7. The number of halogens is 4. The van der Waals surface area contributed by atoms with Gasteiger partial charge in [0.05, 0.1) is 15.5 Å². The van der Waals surface area contributed by atoms with Crippen LogP contribution in [0.25, 0.3) is 5.57 Å². The quantitative estimate of drug-likeness (QED) is 0.0737. The van der Waals surface area contributed by atoms with Gasteiger partial charge in [0.1, 0.15) is 0 Å². The summed E-state index contributed by atoms with van der Waals surface area (Å²) in [5.41, 5.74) is 4.83. The third-order valence-electron chi connectivity index (χ3n) is 11.7. The number of anilines is 2. The summed E-state index contributed by atoms with van der Waals surface area (Å²) in [7, 11) is -8.42. The smallest absolute Gasteiger partial charge is 0.380 e. The van der Waals surface area contributed by atoms with E-state index in [0.717, 1.165) is 73.3 Å². The van der Waals surface area contributed by atoms with E-state index in [-0.39, 0.29) is 17.3 Å². The number of piperazine rings is 1. The van der Waals surface area contributed by atoms with Crippen LogP contribution in [0.3, 0.4) is 0 Å². The van der Waals surface area contributed by atoms with Crippen molar-refractivity contribution < 1.29 is 30.4 Å². The van der Waals surface area contributed by atoms with E-state index < -0.39 is 46.3 Å². The Hall–Kier alpha value is -3.70. The van der Waals surface area contributed by atoms with Crippen molar-refractivity contribution in [3.05, 3.63) is 119 Å². The van der Waals surface area contributed by atoms with E-state index in [1.165, 1.54) is 59.9 Å². The number of alkyl halides is 3. The van der Waals surface area contributed by atoms with Gasteiger partial charge in [-0.3, -0.25) is 9.69 Å². The molecule has 63 heavy (non-hydrogen) atoms. The summed E-state index contributed by atoms with van der Waals surface area (Å²) in [6.07, 6.45) is 6.21. The van der Waals surface area contributed by atoms with Gasteiger partial charge in [0.15, 0.2) is 0 Å². The van der Waals surface area contributed by atoms with E-state index in [1.54, 1.807) is 12.1 Å². The first-order valence-electron chi connectivity index (χ1n) is 21.1. The van der Waals surface area contributed by atoms with Gasteiger partial charge < -0.3 is 15.1 Å². The van der Waals surface area contributed by atoms with Gasteiger partial charge in [-0.15, -0.1) is 11.8 Å². The number of hydrogen-bond acceptors (Lipinski definition) is 10. The first kappa shape index (κ1) is 48.7. The second-order valence-electron chi connectivity index (χ2n) is 16.3. The summed E-state index contributed by atoms with van der Waals surface area (Å²) in [5, 5.41) is 3.82. The first-order chi connectivity index (χ1) is 29.9. The second kappa shape index (κ2) is 21.5. The fourth-order valence-corrected chi connectivity index (χ4v) is 11.1. The number of carbonyl (C=O) groups excluding carboxylic acids is 1. The molecule has 4 aromatic rings. The molecule has 0 saturated carbocycles. The van der Waals surface area contributed by atoms with E-state index >= 15 is 0 Å². The number of allylic oxidation sites excluding steroid dienone is 1. The molecule has 1 amide bonds. The van der Waals surface area contributed by atoms with Gasteiger partial charge in [-0.2, -0.15) is 8.78 Å². The summed E-state index contributed by atoms with van der Waals surface area (Å²) in [4.78, 5) is 19.4. The molecule has 10 nitrogen and oxygen atoms in total. The topological polar surface area (TPSA) is 119 Å². The van der Waals surface area contributed by atoms with Crippen LogP contribution in [0.4, 0.5) is 20.2 Å². The van der Waals surface area contributed by atoms with Crippen molar-refractivity contribution in [2.45, 2.75) is 83.9 Å². The van der Waals surface area contributed by atoms with E-state index in [0.29, 0.717) is 24.8 Å². The van der Waals surface area contributed by atoms with Crippen molar-refractivity contribution in [1.82, 2.24) is 14.5 Å². The molecule has 1 aliphatic heterocycles. The lowest BCUT2D eigenvalue weighted by Gasteiger charge is -2.37. The Balaban J connectivity index is 1.13. The number of amides is 1. The lowest BCUT2D eigenvalue weighted by atomic mass is 9.95. The molecule has 1 saturated heterocycles. The lowest BCUT2D eigenvalue weighted by molar-refractivity contribution is 0.0981. The maximum absolute atomic E-state index is 14.6. The number of rotatable bonds is 18. The number of sulfone groups is 1. The molecule has 1 atom stereocenters. The van der Waals surface area contributed by atoms with Gasteiger partial charge in [-0.05, 0) is 142 Å². The summed E-state index contributed by atoms with van der Waals surface area (Å²) < 4.78 is 80.0. The fraction of sp³-hybridized carbons (Fsp3) is 0.413. The number of nitrogens with zero attached hydrogens (tertiary/aromatic N) is 3. The zero-order valence-corrected chi connectivity index (χ0v) is 39.7. The largest absolute Gasteiger partial charge is 0.427 e. The predicted molar refractivity (Wildman–Crippen MR) is 253 cm³/mol. The van der Waals surface area contributed by atoms with Crippen LogP contribution in [0.5, 0.6) is 0 Å². The Bertz CT molecular complexity index is 2430. The van der Waals surface area contributed by atoms with Gasteiger partial charge in [0.2, 0.25) is 0 Å². The molecule has 6 rings (SSSR count). The second-order valence-corrected chi connectivity index (χ2v) is 22.2. The Morgan fingerprint density at radius 3 is 2.19 bits per heavy atom. The summed E-state index contributed by atoms with van der Waals surface area (Å²) >= 11 is 12.8. The zero-order valence-electron chi connectivity index (χ0n) is 35.7. The van der Waals surface area contributed by atoms with Crippen LogP contribution in [0, 0.1) is 0 Å². The van der Waals surface area contributed by atoms with Gasteiger partial charge in [-0.1, -0.05) is 53.9 Å². The standard InChI is InChI=1S/C46H55Cl2F2N5O5S3/c1-33(2)53(3)25-24-38(32-61-40-11-7-5-8-12-40)51-43-23-22-41(30-44(43)62(57,58)46(48,49)50)63(59,60)52-45(56)35-16-20-39(21-17-35)55-28-26-54(27-29-55)31-36-10-6-4-9-13-42(36)34-14-18-37(47)19-15-34/h5,7-8,11-12,14-23,30,33,38,51H,4,6,9-10,13,24-29,31-32H2,1-3H3,(H,52,56)/t38-/m1/s1. The van der Waals surface area contributed by atoms with Crippen LogP contribution in [0.2, 0.25) is 5.02 Å². The van der Waals surface area contributed by atoms with E-state index in [9.17, 15) is 30.4 Å². The van der Waals surface area contributed by atoms with Crippen molar-refractivity contribution in [1.29, 1.82) is 0 Å². The van der Waals surface area contributed by atoms with Crippen LogP contribution in [0.15, 0.2) is 117 Å². The molecule has 0 bridgehead atoms. The van der Waals surface area contributed by atoms with Crippen LogP contribution >= 0.6 is 35.0 Å². The van der Waals surface area contributed by atoms with Crippen molar-refractivity contribution in [2.75, 3.05) is 62.3 Å². The van der Waals surface area contributed by atoms with E-state index in [4.69, 9.17) is 23.2 Å².